The van der Waals surface area contributed by atoms with Gasteiger partial charge in [0.2, 0.25) is 5.91 Å². The quantitative estimate of drug-likeness (QED) is 0.728. The maximum atomic E-state index is 13.1. The highest BCUT2D eigenvalue weighted by Crippen LogP contribution is 2.51. The Morgan fingerprint density at radius 3 is 2.35 bits per heavy atom. The van der Waals surface area contributed by atoms with E-state index in [0.29, 0.717) is 18.9 Å². The van der Waals surface area contributed by atoms with Gasteiger partial charge < -0.3 is 19.6 Å². The number of rotatable bonds is 5. The average molecular weight is 464 g/mol. The second-order valence-electron chi connectivity index (χ2n) is 11.4. The van der Waals surface area contributed by atoms with Gasteiger partial charge in [0.05, 0.1) is 11.9 Å². The normalized spacial score (nSPS) is 23.8. The molecule has 6 heteroatoms. The van der Waals surface area contributed by atoms with Crippen molar-refractivity contribution in [1.82, 2.24) is 9.88 Å². The lowest BCUT2D eigenvalue weighted by molar-refractivity contribution is -0.127. The lowest BCUT2D eigenvalue weighted by atomic mass is 9.62. The van der Waals surface area contributed by atoms with Crippen molar-refractivity contribution in [1.29, 1.82) is 0 Å². The van der Waals surface area contributed by atoms with Crippen LogP contribution < -0.4 is 4.90 Å². The number of carbonyl (C=O) groups excluding carboxylic acids is 1. The van der Waals surface area contributed by atoms with Crippen LogP contribution in [0.1, 0.15) is 62.6 Å². The van der Waals surface area contributed by atoms with Gasteiger partial charge in [0, 0.05) is 61.9 Å². The predicted octanol–water partition coefficient (Wildman–Crippen LogP) is 3.93. The van der Waals surface area contributed by atoms with Crippen LogP contribution >= 0.6 is 0 Å². The van der Waals surface area contributed by atoms with Crippen molar-refractivity contribution < 1.29 is 14.6 Å². The van der Waals surface area contributed by atoms with Gasteiger partial charge in [-0.05, 0) is 43.0 Å². The summed E-state index contributed by atoms with van der Waals surface area (Å²) in [7, 11) is 2.08. The van der Waals surface area contributed by atoms with Gasteiger partial charge in [-0.1, -0.05) is 45.0 Å². The molecule has 2 aromatic rings. The fourth-order valence-corrected chi connectivity index (χ4v) is 6.39. The third-order valence-corrected chi connectivity index (χ3v) is 8.43. The Bertz CT molecular complexity index is 1050. The molecule has 0 bridgehead atoms. The van der Waals surface area contributed by atoms with Crippen molar-refractivity contribution in [3.63, 3.8) is 0 Å². The molecule has 1 aromatic carbocycles. The molecular weight excluding hydrogens is 426 g/mol. The zero-order chi connectivity index (χ0) is 24.1. The van der Waals surface area contributed by atoms with Crippen molar-refractivity contribution in [2.24, 2.45) is 10.8 Å². The van der Waals surface area contributed by atoms with E-state index >= 15 is 0 Å². The van der Waals surface area contributed by atoms with Crippen LogP contribution in [0.4, 0.5) is 5.69 Å². The van der Waals surface area contributed by atoms with Crippen molar-refractivity contribution in [2.75, 3.05) is 44.8 Å². The highest BCUT2D eigenvalue weighted by atomic mass is 16.5. The first-order valence-electron chi connectivity index (χ1n) is 12.5. The summed E-state index contributed by atoms with van der Waals surface area (Å²) in [6.07, 6.45) is 5.92. The van der Waals surface area contributed by atoms with Crippen molar-refractivity contribution >= 4 is 11.6 Å². The maximum Gasteiger partial charge on any atom is 0.227 e. The molecule has 0 radical (unpaired) electrons. The van der Waals surface area contributed by atoms with Gasteiger partial charge in [-0.3, -0.25) is 9.78 Å². The minimum Gasteiger partial charge on any atom is -0.381 e. The van der Waals surface area contributed by atoms with Crippen LogP contribution in [0.15, 0.2) is 42.7 Å². The largest absolute Gasteiger partial charge is 0.381 e. The molecule has 182 valence electrons. The Hall–Kier alpha value is -2.28. The number of hydrogen-bond acceptors (Lipinski definition) is 5. The summed E-state index contributed by atoms with van der Waals surface area (Å²) >= 11 is 0. The molecule has 1 atom stereocenters. The second-order valence-corrected chi connectivity index (χ2v) is 11.4. The molecule has 0 saturated carbocycles. The van der Waals surface area contributed by atoms with E-state index in [0.717, 1.165) is 56.0 Å². The Labute approximate surface area is 202 Å². The molecular formula is C28H37N3O3. The highest BCUT2D eigenvalue weighted by molar-refractivity contribution is 5.96. The number of hydrogen-bond donors (Lipinski definition) is 1. The number of aliphatic hydroxyl groups is 1. The first-order chi connectivity index (χ1) is 16.2. The van der Waals surface area contributed by atoms with E-state index in [4.69, 9.17) is 4.74 Å². The lowest BCUT2D eigenvalue weighted by Crippen LogP contribution is -2.63. The molecule has 3 aliphatic rings. The topological polar surface area (TPSA) is 65.9 Å². The molecule has 3 fully saturated rings. The molecule has 3 saturated heterocycles. The SMILES string of the molecule is CC(C)c1ccc(C(O)(c2cncc(N3CC4(CCOCC4)CC3=O)c2)C2(C)CN(C)C2)cc1. The summed E-state index contributed by atoms with van der Waals surface area (Å²) in [5, 5.41) is 12.5. The second kappa shape index (κ2) is 8.43. The van der Waals surface area contributed by atoms with Crippen LogP contribution in [-0.2, 0) is 15.1 Å². The van der Waals surface area contributed by atoms with Gasteiger partial charge in [0.25, 0.3) is 0 Å². The molecule has 34 heavy (non-hydrogen) atoms. The van der Waals surface area contributed by atoms with Gasteiger partial charge in [-0.25, -0.2) is 0 Å². The Kier molecular flexibility index (Phi) is 5.82. The van der Waals surface area contributed by atoms with E-state index in [1.54, 1.807) is 12.4 Å². The van der Waals surface area contributed by atoms with Crippen molar-refractivity contribution in [2.45, 2.75) is 51.6 Å². The van der Waals surface area contributed by atoms with E-state index in [9.17, 15) is 9.90 Å². The van der Waals surface area contributed by atoms with E-state index in [-0.39, 0.29) is 16.7 Å². The van der Waals surface area contributed by atoms with Crippen molar-refractivity contribution in [3.8, 4) is 0 Å². The average Bonchev–Trinajstić information content (AvgIpc) is 3.13. The molecule has 1 unspecified atom stereocenters. The molecule has 1 amide bonds. The predicted molar refractivity (Wildman–Crippen MR) is 133 cm³/mol. The number of aromatic nitrogens is 1. The fourth-order valence-electron chi connectivity index (χ4n) is 6.39. The molecule has 0 aliphatic carbocycles. The number of pyridine rings is 1. The minimum absolute atomic E-state index is 0.00299. The molecule has 1 N–H and O–H groups in total. The zero-order valence-corrected chi connectivity index (χ0v) is 20.9. The van der Waals surface area contributed by atoms with Crippen LogP contribution in [0.2, 0.25) is 0 Å². The third kappa shape index (κ3) is 3.76. The van der Waals surface area contributed by atoms with Crippen LogP contribution in [0, 0.1) is 10.8 Å². The summed E-state index contributed by atoms with van der Waals surface area (Å²) < 4.78 is 5.55. The zero-order valence-electron chi connectivity index (χ0n) is 20.9. The number of amides is 1. The van der Waals surface area contributed by atoms with Crippen LogP contribution in [0.3, 0.4) is 0 Å². The fraction of sp³-hybridized carbons (Fsp3) is 0.571. The monoisotopic (exact) mass is 463 g/mol. The molecule has 5 rings (SSSR count). The third-order valence-electron chi connectivity index (χ3n) is 8.43. The van der Waals surface area contributed by atoms with Crippen LogP contribution in [-0.4, -0.2) is 60.8 Å². The Balaban J connectivity index is 1.53. The van der Waals surface area contributed by atoms with Crippen LogP contribution in [0.25, 0.3) is 0 Å². The smallest absolute Gasteiger partial charge is 0.227 e. The van der Waals surface area contributed by atoms with Crippen molar-refractivity contribution in [3.05, 3.63) is 59.4 Å². The van der Waals surface area contributed by atoms with E-state index in [1.165, 1.54) is 5.56 Å². The van der Waals surface area contributed by atoms with Crippen LogP contribution in [0.5, 0.6) is 0 Å². The standard InChI is InChI=1S/C28H37N3O3/c1-20(2)21-5-7-22(8-6-21)28(33,26(3)17-30(4)18-26)23-13-24(16-29-15-23)31-19-27(14-25(31)32)9-11-34-12-10-27/h5-8,13,15-16,20,33H,9-12,14,17-19H2,1-4H3. The van der Waals surface area contributed by atoms with Gasteiger partial charge in [0.15, 0.2) is 0 Å². The first-order valence-corrected chi connectivity index (χ1v) is 12.5. The number of anilines is 1. The number of benzene rings is 1. The molecule has 6 nitrogen and oxygen atoms in total. The van der Waals surface area contributed by atoms with Gasteiger partial charge >= 0.3 is 0 Å². The first kappa shape index (κ1) is 23.5. The van der Waals surface area contributed by atoms with E-state index in [2.05, 4.69) is 62.0 Å². The lowest BCUT2D eigenvalue weighted by Gasteiger charge is -2.56. The summed E-state index contributed by atoms with van der Waals surface area (Å²) in [6.45, 7) is 10.2. The van der Waals surface area contributed by atoms with E-state index in [1.807, 2.05) is 11.0 Å². The molecule has 3 aliphatic heterocycles. The molecule has 1 aromatic heterocycles. The summed E-state index contributed by atoms with van der Waals surface area (Å²) in [5.41, 5.74) is 2.07. The number of ether oxygens (including phenoxy) is 1. The molecule has 4 heterocycles. The number of likely N-dealkylation sites (tertiary alicyclic amines) is 1. The summed E-state index contributed by atoms with van der Waals surface area (Å²) in [5.74, 6) is 0.566. The molecule has 1 spiro atoms. The maximum absolute atomic E-state index is 13.1. The summed E-state index contributed by atoms with van der Waals surface area (Å²) in [4.78, 5) is 21.7. The summed E-state index contributed by atoms with van der Waals surface area (Å²) in [6, 6.07) is 10.3. The Morgan fingerprint density at radius 1 is 1.06 bits per heavy atom. The Morgan fingerprint density at radius 2 is 1.74 bits per heavy atom. The number of nitrogens with zero attached hydrogens (tertiary/aromatic N) is 3. The van der Waals surface area contributed by atoms with Gasteiger partial charge in [-0.15, -0.1) is 0 Å². The highest BCUT2D eigenvalue weighted by Gasteiger charge is 2.55. The number of carbonyl (C=O) groups is 1. The van der Waals surface area contributed by atoms with E-state index < -0.39 is 5.60 Å². The minimum atomic E-state index is -1.21. The van der Waals surface area contributed by atoms with Gasteiger partial charge in [0.1, 0.15) is 5.60 Å². The van der Waals surface area contributed by atoms with Gasteiger partial charge in [-0.2, -0.15) is 0 Å².